The predicted molar refractivity (Wildman–Crippen MR) is 80.5 cm³/mol. The summed E-state index contributed by atoms with van der Waals surface area (Å²) in [5, 5.41) is 2.66. The van der Waals surface area contributed by atoms with Crippen molar-refractivity contribution in [3.8, 4) is 0 Å². The van der Waals surface area contributed by atoms with Crippen LogP contribution < -0.4 is 10.2 Å². The van der Waals surface area contributed by atoms with Gasteiger partial charge in [-0.2, -0.15) is 0 Å². The molecule has 2 aromatic rings. The number of nitrogens with zero attached hydrogens (tertiary/aromatic N) is 1. The van der Waals surface area contributed by atoms with Crippen LogP contribution in [-0.2, 0) is 9.53 Å². The first-order valence-electron chi connectivity index (χ1n) is 6.44. The summed E-state index contributed by atoms with van der Waals surface area (Å²) in [6, 6.07) is 10.6. The monoisotopic (exact) mass is 287 g/mol. The fourth-order valence-electron chi connectivity index (χ4n) is 1.71. The molecule has 2 rings (SSSR count). The maximum atomic E-state index is 11.7. The van der Waals surface area contributed by atoms with E-state index in [0.717, 1.165) is 5.69 Å². The Morgan fingerprint density at radius 2 is 1.90 bits per heavy atom. The van der Waals surface area contributed by atoms with Crippen molar-refractivity contribution in [3.05, 3.63) is 48.3 Å². The first-order chi connectivity index (χ1) is 10.1. The van der Waals surface area contributed by atoms with Gasteiger partial charge >= 0.3 is 5.97 Å². The zero-order valence-electron chi connectivity index (χ0n) is 11.9. The SMILES string of the molecule is CN(C)c1ccc(NC(=O)COC(=O)c2ccc[nH]2)cc1. The van der Waals surface area contributed by atoms with E-state index < -0.39 is 5.97 Å². The number of amides is 1. The molecule has 0 bridgehead atoms. The molecule has 0 radical (unpaired) electrons. The molecular weight excluding hydrogens is 270 g/mol. The lowest BCUT2D eigenvalue weighted by atomic mass is 10.2. The third-order valence-corrected chi connectivity index (χ3v) is 2.82. The summed E-state index contributed by atoms with van der Waals surface area (Å²) in [7, 11) is 3.88. The zero-order valence-corrected chi connectivity index (χ0v) is 11.9. The summed E-state index contributed by atoms with van der Waals surface area (Å²) >= 11 is 0. The first-order valence-corrected chi connectivity index (χ1v) is 6.44. The Balaban J connectivity index is 1.83. The van der Waals surface area contributed by atoms with Crippen molar-refractivity contribution >= 4 is 23.3 Å². The second-order valence-electron chi connectivity index (χ2n) is 4.65. The van der Waals surface area contributed by atoms with E-state index in [1.165, 1.54) is 0 Å². The molecule has 6 heteroatoms. The highest BCUT2D eigenvalue weighted by atomic mass is 16.5. The number of esters is 1. The summed E-state index contributed by atoms with van der Waals surface area (Å²) < 4.78 is 4.89. The first kappa shape index (κ1) is 14.6. The minimum atomic E-state index is -0.557. The van der Waals surface area contributed by atoms with E-state index in [4.69, 9.17) is 4.74 Å². The van der Waals surface area contributed by atoms with Crippen LogP contribution in [0.2, 0.25) is 0 Å². The zero-order chi connectivity index (χ0) is 15.2. The number of hydrogen-bond acceptors (Lipinski definition) is 4. The van der Waals surface area contributed by atoms with E-state index in [2.05, 4.69) is 10.3 Å². The van der Waals surface area contributed by atoms with Gasteiger partial charge in [-0.25, -0.2) is 4.79 Å². The Bertz CT molecular complexity index is 604. The van der Waals surface area contributed by atoms with Crippen LogP contribution in [-0.4, -0.2) is 37.6 Å². The molecule has 21 heavy (non-hydrogen) atoms. The molecule has 0 fully saturated rings. The molecule has 0 saturated carbocycles. The van der Waals surface area contributed by atoms with Crippen LogP contribution in [0, 0.1) is 0 Å². The molecule has 1 amide bonds. The highest BCUT2D eigenvalue weighted by Gasteiger charge is 2.10. The molecule has 1 aromatic heterocycles. The molecule has 0 saturated heterocycles. The predicted octanol–water partition coefficient (Wildman–Crippen LogP) is 1.88. The van der Waals surface area contributed by atoms with Crippen LogP contribution in [0.15, 0.2) is 42.6 Å². The standard InChI is InChI=1S/C15H17N3O3/c1-18(2)12-7-5-11(6-8-12)17-14(19)10-21-15(20)13-4-3-9-16-13/h3-9,16H,10H2,1-2H3,(H,17,19). The van der Waals surface area contributed by atoms with Crippen LogP contribution in [0.1, 0.15) is 10.5 Å². The number of H-pyrrole nitrogens is 1. The Kier molecular flexibility index (Phi) is 4.61. The number of aromatic nitrogens is 1. The third kappa shape index (κ3) is 4.10. The van der Waals surface area contributed by atoms with Crippen molar-refractivity contribution in [1.82, 2.24) is 4.98 Å². The molecule has 0 aliphatic rings. The van der Waals surface area contributed by atoms with Gasteiger partial charge in [0.15, 0.2) is 6.61 Å². The van der Waals surface area contributed by atoms with Crippen molar-refractivity contribution in [2.75, 3.05) is 30.9 Å². The van der Waals surface area contributed by atoms with Gasteiger partial charge < -0.3 is 19.9 Å². The van der Waals surface area contributed by atoms with Crippen LogP contribution in [0.4, 0.5) is 11.4 Å². The van der Waals surface area contributed by atoms with Crippen molar-refractivity contribution in [3.63, 3.8) is 0 Å². The number of rotatable bonds is 5. The van der Waals surface area contributed by atoms with Gasteiger partial charge in [0.2, 0.25) is 0 Å². The Hall–Kier alpha value is -2.76. The highest BCUT2D eigenvalue weighted by molar-refractivity contribution is 5.94. The lowest BCUT2D eigenvalue weighted by Crippen LogP contribution is -2.21. The van der Waals surface area contributed by atoms with Crippen molar-refractivity contribution in [2.45, 2.75) is 0 Å². The van der Waals surface area contributed by atoms with Crippen molar-refractivity contribution in [1.29, 1.82) is 0 Å². The van der Waals surface area contributed by atoms with Gasteiger partial charge in [0.25, 0.3) is 5.91 Å². The van der Waals surface area contributed by atoms with E-state index in [-0.39, 0.29) is 12.5 Å². The van der Waals surface area contributed by atoms with Crippen LogP contribution in [0.5, 0.6) is 0 Å². The number of anilines is 2. The van der Waals surface area contributed by atoms with Gasteiger partial charge in [-0.15, -0.1) is 0 Å². The highest BCUT2D eigenvalue weighted by Crippen LogP contribution is 2.15. The number of carbonyl (C=O) groups excluding carboxylic acids is 2. The number of carbonyl (C=O) groups is 2. The van der Waals surface area contributed by atoms with E-state index in [1.54, 1.807) is 30.5 Å². The van der Waals surface area contributed by atoms with Crippen molar-refractivity contribution in [2.24, 2.45) is 0 Å². The summed E-state index contributed by atoms with van der Waals surface area (Å²) in [4.78, 5) is 27.9. The summed E-state index contributed by atoms with van der Waals surface area (Å²) in [6.45, 7) is -0.326. The van der Waals surface area contributed by atoms with Gasteiger partial charge in [0, 0.05) is 31.7 Å². The Morgan fingerprint density at radius 1 is 1.19 bits per heavy atom. The Morgan fingerprint density at radius 3 is 2.48 bits per heavy atom. The fourth-order valence-corrected chi connectivity index (χ4v) is 1.71. The fraction of sp³-hybridized carbons (Fsp3) is 0.200. The maximum Gasteiger partial charge on any atom is 0.355 e. The molecular formula is C15H17N3O3. The van der Waals surface area contributed by atoms with Crippen LogP contribution in [0.3, 0.4) is 0 Å². The number of aromatic amines is 1. The quantitative estimate of drug-likeness (QED) is 0.823. The third-order valence-electron chi connectivity index (χ3n) is 2.82. The average Bonchev–Trinajstić information content (AvgIpc) is 2.99. The topological polar surface area (TPSA) is 74.4 Å². The smallest absolute Gasteiger partial charge is 0.355 e. The molecule has 0 unspecified atom stereocenters. The van der Waals surface area contributed by atoms with Gasteiger partial charge in [-0.3, -0.25) is 4.79 Å². The number of benzene rings is 1. The molecule has 0 aliphatic carbocycles. The molecule has 110 valence electrons. The van der Waals surface area contributed by atoms with Gasteiger partial charge in [0.05, 0.1) is 0 Å². The van der Waals surface area contributed by atoms with Gasteiger partial charge in [0.1, 0.15) is 5.69 Å². The molecule has 1 heterocycles. The van der Waals surface area contributed by atoms with E-state index in [1.807, 2.05) is 31.1 Å². The average molecular weight is 287 g/mol. The minimum absolute atomic E-state index is 0.318. The van der Waals surface area contributed by atoms with E-state index in [0.29, 0.717) is 11.4 Å². The summed E-state index contributed by atoms with van der Waals surface area (Å²) in [6.07, 6.45) is 1.61. The molecule has 0 spiro atoms. The van der Waals surface area contributed by atoms with Crippen molar-refractivity contribution < 1.29 is 14.3 Å². The minimum Gasteiger partial charge on any atom is -0.451 e. The number of hydrogen-bond donors (Lipinski definition) is 2. The number of nitrogens with one attached hydrogen (secondary N) is 2. The van der Waals surface area contributed by atoms with E-state index in [9.17, 15) is 9.59 Å². The van der Waals surface area contributed by atoms with Crippen LogP contribution in [0.25, 0.3) is 0 Å². The van der Waals surface area contributed by atoms with Gasteiger partial charge in [-0.1, -0.05) is 0 Å². The molecule has 2 N–H and O–H groups in total. The second kappa shape index (κ2) is 6.60. The molecule has 0 aliphatic heterocycles. The van der Waals surface area contributed by atoms with Gasteiger partial charge in [-0.05, 0) is 36.4 Å². The maximum absolute atomic E-state index is 11.7. The Labute approximate surface area is 122 Å². The summed E-state index contributed by atoms with van der Waals surface area (Å²) in [5.74, 6) is -0.939. The summed E-state index contributed by atoms with van der Waals surface area (Å²) in [5.41, 5.74) is 2.01. The number of ether oxygens (including phenoxy) is 1. The van der Waals surface area contributed by atoms with Crippen LogP contribution >= 0.6 is 0 Å². The molecule has 1 aromatic carbocycles. The second-order valence-corrected chi connectivity index (χ2v) is 4.65. The molecule has 0 atom stereocenters. The lowest BCUT2D eigenvalue weighted by molar-refractivity contribution is -0.119. The van der Waals surface area contributed by atoms with E-state index >= 15 is 0 Å². The molecule has 6 nitrogen and oxygen atoms in total. The largest absolute Gasteiger partial charge is 0.451 e. The lowest BCUT2D eigenvalue weighted by Gasteiger charge is -2.13. The normalized spacial score (nSPS) is 10.0.